The summed E-state index contributed by atoms with van der Waals surface area (Å²) in [5.41, 5.74) is -3.03. The lowest BCUT2D eigenvalue weighted by molar-refractivity contribution is 0.281. The minimum Gasteiger partial charge on any atom is -0.203 e. The van der Waals surface area contributed by atoms with Crippen molar-refractivity contribution in [2.24, 2.45) is 0 Å². The molecular weight excluding hydrogens is 417 g/mol. The summed E-state index contributed by atoms with van der Waals surface area (Å²) < 4.78 is 139. The predicted molar refractivity (Wildman–Crippen MR) is 81.1 cm³/mol. The van der Waals surface area contributed by atoms with E-state index in [0.717, 1.165) is 0 Å². The second-order valence-corrected chi connectivity index (χ2v) is 6.77. The Hall–Kier alpha value is -2.20. The van der Waals surface area contributed by atoms with Crippen LogP contribution in [0.3, 0.4) is 0 Å². The van der Waals surface area contributed by atoms with Gasteiger partial charge in [-0.25, -0.2) is 43.9 Å². The smallest absolute Gasteiger partial charge is 0.200 e. The van der Waals surface area contributed by atoms with Crippen LogP contribution in [0.2, 0.25) is 0 Å². The van der Waals surface area contributed by atoms with Crippen molar-refractivity contribution < 1.29 is 43.9 Å². The maximum atomic E-state index is 14.3. The van der Waals surface area contributed by atoms with Crippen molar-refractivity contribution in [3.05, 3.63) is 69.3 Å². The van der Waals surface area contributed by atoms with Crippen molar-refractivity contribution >= 4 is 7.85 Å². The fraction of sp³-hybridized carbons (Fsp3) is 0.333. The summed E-state index contributed by atoms with van der Waals surface area (Å²) in [7, 11) is 5.91. The fourth-order valence-corrected chi connectivity index (χ4v) is 3.84. The monoisotopic (exact) mass is 426 g/mol. The van der Waals surface area contributed by atoms with Crippen molar-refractivity contribution in [2.75, 3.05) is 0 Å². The first kappa shape index (κ1) is 21.5. The molecule has 2 atom stereocenters. The Balaban J connectivity index is 2.34. The molecule has 3 rings (SSSR count). The molecule has 1 saturated carbocycles. The zero-order valence-electron chi connectivity index (χ0n) is 14.3. The Kier molecular flexibility index (Phi) is 5.38. The third kappa shape index (κ3) is 3.00. The van der Waals surface area contributed by atoms with Crippen LogP contribution < -0.4 is 0 Å². The van der Waals surface area contributed by atoms with Crippen molar-refractivity contribution in [3.63, 3.8) is 0 Å². The van der Waals surface area contributed by atoms with Crippen molar-refractivity contribution in [2.45, 2.75) is 36.9 Å². The average Bonchev–Trinajstić information content (AvgIpc) is 2.69. The van der Waals surface area contributed by atoms with Gasteiger partial charge in [-0.2, -0.15) is 0 Å². The van der Waals surface area contributed by atoms with Gasteiger partial charge in [0, 0.05) is 11.1 Å². The molecule has 0 aromatic heterocycles. The Morgan fingerprint density at radius 2 is 0.931 bits per heavy atom. The molecule has 0 bridgehead atoms. The minimum absolute atomic E-state index is 0.0435. The number of benzene rings is 2. The lowest BCUT2D eigenvalue weighted by Crippen LogP contribution is -2.41. The molecule has 0 heterocycles. The molecule has 0 nitrogen and oxygen atoms in total. The molecule has 2 aromatic carbocycles. The molecule has 0 amide bonds. The Bertz CT molecular complexity index is 947. The molecule has 29 heavy (non-hydrogen) atoms. The van der Waals surface area contributed by atoms with E-state index in [1.165, 1.54) is 0 Å². The molecule has 11 heteroatoms. The van der Waals surface area contributed by atoms with Gasteiger partial charge in [0.2, 0.25) is 11.6 Å². The summed E-state index contributed by atoms with van der Waals surface area (Å²) in [5, 5.41) is -2.62. The van der Waals surface area contributed by atoms with Gasteiger partial charge in [0.05, 0.1) is 7.85 Å². The molecule has 1 aliphatic rings. The van der Waals surface area contributed by atoms with Crippen LogP contribution in [0.1, 0.15) is 42.7 Å². The number of hydrogen-bond donors (Lipinski definition) is 0. The SMILES string of the molecule is [B]C1(c2c(F)c(F)c(F)c(F)c2F)CCCCC1c1c(F)c(F)c(F)c(F)c1F. The maximum Gasteiger partial charge on any atom is 0.200 e. The number of rotatable bonds is 2. The standard InChI is InChI=1S/C18H9BF10/c19-18(7-10(22)14(26)17(29)15(27)11(7)23)4-2-1-3-5(18)6-8(20)12(24)16(28)13(25)9(6)21/h5H,1-4H2. The van der Waals surface area contributed by atoms with Crippen LogP contribution in [0.4, 0.5) is 43.9 Å². The van der Waals surface area contributed by atoms with Gasteiger partial charge in [-0.15, -0.1) is 0 Å². The summed E-state index contributed by atoms with van der Waals surface area (Å²) in [4.78, 5) is 0. The van der Waals surface area contributed by atoms with E-state index in [9.17, 15) is 43.9 Å². The molecule has 0 saturated heterocycles. The second-order valence-electron chi connectivity index (χ2n) is 6.77. The van der Waals surface area contributed by atoms with Crippen molar-refractivity contribution in [3.8, 4) is 0 Å². The van der Waals surface area contributed by atoms with Crippen LogP contribution >= 0.6 is 0 Å². The van der Waals surface area contributed by atoms with E-state index in [4.69, 9.17) is 7.85 Å². The zero-order valence-corrected chi connectivity index (χ0v) is 14.3. The molecule has 1 aliphatic carbocycles. The van der Waals surface area contributed by atoms with Gasteiger partial charge < -0.3 is 0 Å². The Labute approximate surface area is 158 Å². The first-order valence-electron chi connectivity index (χ1n) is 8.27. The highest BCUT2D eigenvalue weighted by molar-refractivity contribution is 6.16. The second kappa shape index (κ2) is 7.25. The molecule has 0 spiro atoms. The summed E-state index contributed by atoms with van der Waals surface area (Å²) in [6.07, 6.45) is -0.815. The summed E-state index contributed by atoms with van der Waals surface area (Å²) in [5.74, 6) is -25.4. The van der Waals surface area contributed by atoms with Crippen LogP contribution in [-0.2, 0) is 5.31 Å². The zero-order chi connectivity index (χ0) is 21.8. The van der Waals surface area contributed by atoms with Crippen molar-refractivity contribution in [1.29, 1.82) is 0 Å². The molecular formula is C18H9BF10. The topological polar surface area (TPSA) is 0 Å². The van der Waals surface area contributed by atoms with E-state index in [1.807, 2.05) is 0 Å². The number of halogens is 10. The highest BCUT2D eigenvalue weighted by Crippen LogP contribution is 2.51. The van der Waals surface area contributed by atoms with E-state index in [-0.39, 0.29) is 12.8 Å². The molecule has 2 unspecified atom stereocenters. The predicted octanol–water partition coefficient (Wildman–Crippen LogP) is 5.80. The molecule has 0 aliphatic heterocycles. The first-order valence-corrected chi connectivity index (χ1v) is 8.27. The van der Waals surface area contributed by atoms with Crippen LogP contribution in [0.5, 0.6) is 0 Å². The van der Waals surface area contributed by atoms with Gasteiger partial charge in [0.15, 0.2) is 46.5 Å². The molecule has 1 fully saturated rings. The van der Waals surface area contributed by atoms with E-state index < -0.39 is 93.4 Å². The Morgan fingerprint density at radius 3 is 1.38 bits per heavy atom. The first-order chi connectivity index (χ1) is 13.4. The van der Waals surface area contributed by atoms with Gasteiger partial charge in [0.1, 0.15) is 0 Å². The fourth-order valence-electron chi connectivity index (χ4n) is 3.84. The Morgan fingerprint density at radius 1 is 0.552 bits per heavy atom. The molecule has 0 N–H and O–H groups in total. The van der Waals surface area contributed by atoms with Crippen LogP contribution in [-0.4, -0.2) is 7.85 Å². The third-order valence-corrected chi connectivity index (χ3v) is 5.22. The van der Waals surface area contributed by atoms with Gasteiger partial charge in [-0.1, -0.05) is 19.3 Å². The number of hydrogen-bond acceptors (Lipinski definition) is 0. The van der Waals surface area contributed by atoms with Crippen LogP contribution in [0, 0.1) is 58.2 Å². The van der Waals surface area contributed by atoms with Gasteiger partial charge in [-0.05, 0) is 17.7 Å². The summed E-state index contributed by atoms with van der Waals surface area (Å²) >= 11 is 0. The van der Waals surface area contributed by atoms with E-state index in [1.54, 1.807) is 0 Å². The van der Waals surface area contributed by atoms with E-state index in [2.05, 4.69) is 0 Å². The minimum atomic E-state index is -2.62. The lowest BCUT2D eigenvalue weighted by atomic mass is 9.49. The molecule has 154 valence electrons. The van der Waals surface area contributed by atoms with Crippen LogP contribution in [0.25, 0.3) is 0 Å². The van der Waals surface area contributed by atoms with Gasteiger partial charge in [-0.3, -0.25) is 0 Å². The normalized spacial score (nSPS) is 22.2. The molecule has 2 aromatic rings. The van der Waals surface area contributed by atoms with Gasteiger partial charge >= 0.3 is 0 Å². The summed E-state index contributed by atoms with van der Waals surface area (Å²) in [6.45, 7) is 0. The van der Waals surface area contributed by atoms with Crippen LogP contribution in [0.15, 0.2) is 0 Å². The van der Waals surface area contributed by atoms with Crippen molar-refractivity contribution in [1.82, 2.24) is 0 Å². The quantitative estimate of drug-likeness (QED) is 0.247. The van der Waals surface area contributed by atoms with E-state index in [0.29, 0.717) is 0 Å². The largest absolute Gasteiger partial charge is 0.203 e. The molecule has 2 radical (unpaired) electrons. The average molecular weight is 426 g/mol. The third-order valence-electron chi connectivity index (χ3n) is 5.22. The summed E-state index contributed by atoms with van der Waals surface area (Å²) in [6, 6.07) is 0. The lowest BCUT2D eigenvalue weighted by Gasteiger charge is -2.43. The highest BCUT2D eigenvalue weighted by atomic mass is 19.2. The highest BCUT2D eigenvalue weighted by Gasteiger charge is 2.47. The van der Waals surface area contributed by atoms with Gasteiger partial charge in [0.25, 0.3) is 0 Å². The van der Waals surface area contributed by atoms with E-state index >= 15 is 0 Å². The maximum absolute atomic E-state index is 14.3.